The predicted molar refractivity (Wildman–Crippen MR) is 71.3 cm³/mol. The lowest BCUT2D eigenvalue weighted by Crippen LogP contribution is -2.17. The molecule has 4 nitrogen and oxygen atoms in total. The highest BCUT2D eigenvalue weighted by molar-refractivity contribution is 7.98. The van der Waals surface area contributed by atoms with E-state index in [4.69, 9.17) is 9.84 Å². The van der Waals surface area contributed by atoms with Gasteiger partial charge in [0, 0.05) is 17.5 Å². The van der Waals surface area contributed by atoms with Crippen LogP contribution < -0.4 is 10.1 Å². The second kappa shape index (κ2) is 5.63. The lowest BCUT2D eigenvalue weighted by Gasteiger charge is -2.14. The number of aliphatic carboxylic acids is 1. The van der Waals surface area contributed by atoms with Crippen molar-refractivity contribution in [2.75, 3.05) is 19.9 Å². The summed E-state index contributed by atoms with van der Waals surface area (Å²) in [6, 6.07) is 6.16. The predicted octanol–water partition coefficient (Wildman–Crippen LogP) is 2.15. The third-order valence-corrected chi connectivity index (χ3v) is 4.07. The van der Waals surface area contributed by atoms with Crippen molar-refractivity contribution in [1.29, 1.82) is 0 Å². The highest BCUT2D eigenvalue weighted by Crippen LogP contribution is 2.34. The van der Waals surface area contributed by atoms with Crippen molar-refractivity contribution < 1.29 is 14.6 Å². The van der Waals surface area contributed by atoms with Gasteiger partial charge in [-0.2, -0.15) is 0 Å². The zero-order valence-corrected chi connectivity index (χ0v) is 11.3. The Morgan fingerprint density at radius 3 is 2.89 bits per heavy atom. The van der Waals surface area contributed by atoms with E-state index in [-0.39, 0.29) is 12.0 Å². The molecule has 2 unspecified atom stereocenters. The molecular formula is C13H17NO3S. The van der Waals surface area contributed by atoms with Crippen LogP contribution in [-0.4, -0.2) is 31.0 Å². The van der Waals surface area contributed by atoms with Crippen molar-refractivity contribution in [3.63, 3.8) is 0 Å². The van der Waals surface area contributed by atoms with Crippen molar-refractivity contribution >= 4 is 17.7 Å². The molecule has 1 aliphatic heterocycles. The summed E-state index contributed by atoms with van der Waals surface area (Å²) in [7, 11) is 1.65. The molecule has 0 bridgehead atoms. The Bertz CT molecular complexity index is 450. The second-order valence-corrected chi connectivity index (χ2v) is 5.19. The number of carbonyl (C=O) groups is 1. The first-order chi connectivity index (χ1) is 8.65. The molecule has 0 amide bonds. The monoisotopic (exact) mass is 267 g/mol. The average Bonchev–Trinajstić information content (AvgIpc) is 2.87. The van der Waals surface area contributed by atoms with E-state index >= 15 is 0 Å². The Labute approximate surface area is 111 Å². The van der Waals surface area contributed by atoms with Crippen molar-refractivity contribution in [1.82, 2.24) is 5.32 Å². The number of carboxylic acids is 1. The molecule has 98 valence electrons. The quantitative estimate of drug-likeness (QED) is 0.819. The second-order valence-electron chi connectivity index (χ2n) is 4.35. The maximum absolute atomic E-state index is 10.9. The summed E-state index contributed by atoms with van der Waals surface area (Å²) in [4.78, 5) is 12.0. The molecule has 1 fully saturated rings. The van der Waals surface area contributed by atoms with Gasteiger partial charge in [0.2, 0.25) is 0 Å². The number of methoxy groups -OCH3 is 1. The summed E-state index contributed by atoms with van der Waals surface area (Å²) >= 11 is 1.64. The average molecular weight is 267 g/mol. The molecule has 1 aromatic rings. The van der Waals surface area contributed by atoms with Crippen LogP contribution in [0.25, 0.3) is 0 Å². The van der Waals surface area contributed by atoms with Crippen LogP contribution in [0.15, 0.2) is 23.1 Å². The Balaban J connectivity index is 2.17. The Hall–Kier alpha value is -1.20. The number of thioether (sulfide) groups is 1. The zero-order chi connectivity index (χ0) is 13.1. The molecule has 0 aromatic heterocycles. The normalized spacial score (nSPS) is 23.0. The van der Waals surface area contributed by atoms with Crippen molar-refractivity contribution in [3.05, 3.63) is 23.8 Å². The van der Waals surface area contributed by atoms with Crippen LogP contribution in [0.5, 0.6) is 5.75 Å². The molecule has 1 heterocycles. The van der Waals surface area contributed by atoms with Gasteiger partial charge in [0.15, 0.2) is 0 Å². The summed E-state index contributed by atoms with van der Waals surface area (Å²) in [6.07, 6.45) is 2.64. The molecule has 0 aliphatic carbocycles. The molecular weight excluding hydrogens is 250 g/mol. The third kappa shape index (κ3) is 2.62. The molecule has 1 aromatic carbocycles. The lowest BCUT2D eigenvalue weighted by molar-refractivity contribution is -0.141. The van der Waals surface area contributed by atoms with Gasteiger partial charge in [-0.15, -0.1) is 11.8 Å². The largest absolute Gasteiger partial charge is 0.496 e. The standard InChI is InChI=1S/C13H17NO3S/c1-17-11-6-8(3-4-12(11)18-2)10-5-9(7-14-10)13(15)16/h3-4,6,9-10,14H,5,7H2,1-2H3,(H,15,16). The van der Waals surface area contributed by atoms with Gasteiger partial charge in [-0.25, -0.2) is 0 Å². The van der Waals surface area contributed by atoms with E-state index in [0.717, 1.165) is 16.2 Å². The number of hydrogen-bond donors (Lipinski definition) is 2. The van der Waals surface area contributed by atoms with Gasteiger partial charge in [0.25, 0.3) is 0 Å². The van der Waals surface area contributed by atoms with Crippen LogP contribution in [0.2, 0.25) is 0 Å². The van der Waals surface area contributed by atoms with E-state index < -0.39 is 5.97 Å². The van der Waals surface area contributed by atoms with Gasteiger partial charge in [0.05, 0.1) is 13.0 Å². The highest BCUT2D eigenvalue weighted by atomic mass is 32.2. The van der Waals surface area contributed by atoms with E-state index in [1.54, 1.807) is 18.9 Å². The van der Waals surface area contributed by atoms with Crippen LogP contribution in [0, 0.1) is 5.92 Å². The van der Waals surface area contributed by atoms with Gasteiger partial charge >= 0.3 is 5.97 Å². The summed E-state index contributed by atoms with van der Waals surface area (Å²) in [6.45, 7) is 0.534. The molecule has 1 aliphatic rings. The van der Waals surface area contributed by atoms with Gasteiger partial charge in [0.1, 0.15) is 5.75 Å². The molecule has 2 rings (SSSR count). The van der Waals surface area contributed by atoms with Crippen molar-refractivity contribution in [2.24, 2.45) is 5.92 Å². The number of carboxylic acid groups (broad SMARTS) is 1. The fraction of sp³-hybridized carbons (Fsp3) is 0.462. The molecule has 0 spiro atoms. The third-order valence-electron chi connectivity index (χ3n) is 3.29. The minimum atomic E-state index is -0.724. The minimum Gasteiger partial charge on any atom is -0.496 e. The summed E-state index contributed by atoms with van der Waals surface area (Å²) in [5, 5.41) is 12.2. The van der Waals surface area contributed by atoms with Gasteiger partial charge < -0.3 is 15.2 Å². The van der Waals surface area contributed by atoms with E-state index in [0.29, 0.717) is 13.0 Å². The first-order valence-electron chi connectivity index (χ1n) is 5.83. The van der Waals surface area contributed by atoms with Crippen molar-refractivity contribution in [3.8, 4) is 5.75 Å². The molecule has 0 saturated carbocycles. The maximum atomic E-state index is 10.9. The summed E-state index contributed by atoms with van der Waals surface area (Å²) in [5.41, 5.74) is 1.09. The van der Waals surface area contributed by atoms with E-state index in [1.165, 1.54) is 0 Å². The fourth-order valence-corrected chi connectivity index (χ4v) is 2.79. The van der Waals surface area contributed by atoms with Crippen LogP contribution in [0.4, 0.5) is 0 Å². The zero-order valence-electron chi connectivity index (χ0n) is 10.5. The van der Waals surface area contributed by atoms with Gasteiger partial charge in [-0.1, -0.05) is 6.07 Å². The number of rotatable bonds is 4. The van der Waals surface area contributed by atoms with Crippen LogP contribution in [-0.2, 0) is 4.79 Å². The molecule has 18 heavy (non-hydrogen) atoms. The fourth-order valence-electron chi connectivity index (χ4n) is 2.25. The number of benzene rings is 1. The lowest BCUT2D eigenvalue weighted by atomic mass is 10.00. The molecule has 2 atom stereocenters. The maximum Gasteiger partial charge on any atom is 0.307 e. The van der Waals surface area contributed by atoms with Crippen LogP contribution in [0.3, 0.4) is 0 Å². The minimum absolute atomic E-state index is 0.107. The van der Waals surface area contributed by atoms with Crippen LogP contribution in [0.1, 0.15) is 18.0 Å². The van der Waals surface area contributed by atoms with Crippen LogP contribution >= 0.6 is 11.8 Å². The number of hydrogen-bond acceptors (Lipinski definition) is 4. The molecule has 2 N–H and O–H groups in total. The smallest absolute Gasteiger partial charge is 0.307 e. The Morgan fingerprint density at radius 1 is 1.56 bits per heavy atom. The molecule has 5 heteroatoms. The van der Waals surface area contributed by atoms with E-state index in [9.17, 15) is 4.79 Å². The first kappa shape index (κ1) is 13.2. The molecule has 1 saturated heterocycles. The Morgan fingerprint density at radius 2 is 2.33 bits per heavy atom. The summed E-state index contributed by atoms with van der Waals surface area (Å²) < 4.78 is 5.35. The Kier molecular flexibility index (Phi) is 4.14. The number of ether oxygens (including phenoxy) is 1. The van der Waals surface area contributed by atoms with Crippen molar-refractivity contribution in [2.45, 2.75) is 17.4 Å². The topological polar surface area (TPSA) is 58.6 Å². The van der Waals surface area contributed by atoms with E-state index in [2.05, 4.69) is 5.32 Å². The number of nitrogens with one attached hydrogen (secondary N) is 1. The summed E-state index contributed by atoms with van der Waals surface area (Å²) in [5.74, 6) is -0.167. The highest BCUT2D eigenvalue weighted by Gasteiger charge is 2.30. The SMILES string of the molecule is COc1cc(C2CC(C(=O)O)CN2)ccc1SC. The van der Waals surface area contributed by atoms with Gasteiger partial charge in [-0.3, -0.25) is 4.79 Å². The van der Waals surface area contributed by atoms with Gasteiger partial charge in [-0.05, 0) is 30.4 Å². The molecule has 0 radical (unpaired) electrons. The first-order valence-corrected chi connectivity index (χ1v) is 7.06. The van der Waals surface area contributed by atoms with E-state index in [1.807, 2.05) is 24.5 Å².